The van der Waals surface area contributed by atoms with Gasteiger partial charge in [0.2, 0.25) is 5.91 Å². The number of nitrogens with zero attached hydrogens (tertiary/aromatic N) is 3. The molecule has 39 heavy (non-hydrogen) atoms. The molecule has 2 atom stereocenters. The fourth-order valence-corrected chi connectivity index (χ4v) is 4.92. The van der Waals surface area contributed by atoms with Crippen molar-refractivity contribution in [1.29, 1.82) is 0 Å². The van der Waals surface area contributed by atoms with Crippen LogP contribution in [0.5, 0.6) is 0 Å². The lowest BCUT2D eigenvalue weighted by atomic mass is 10.0. The van der Waals surface area contributed by atoms with Gasteiger partial charge in [0.15, 0.2) is 5.11 Å². The van der Waals surface area contributed by atoms with E-state index in [0.29, 0.717) is 22.2 Å². The van der Waals surface area contributed by atoms with Gasteiger partial charge in [-0.25, -0.2) is 0 Å². The molecule has 0 saturated carbocycles. The van der Waals surface area contributed by atoms with Crippen LogP contribution in [0.15, 0.2) is 83.4 Å². The molecule has 2 aromatic carbocycles. The molecule has 2 N–H and O–H groups in total. The molecule has 1 fully saturated rings. The van der Waals surface area contributed by atoms with E-state index in [-0.39, 0.29) is 23.6 Å². The number of aromatic nitrogens is 1. The van der Waals surface area contributed by atoms with Crippen LogP contribution in [0.1, 0.15) is 42.9 Å². The number of benzene rings is 2. The van der Waals surface area contributed by atoms with Crippen LogP contribution in [0.25, 0.3) is 11.3 Å². The number of furan rings is 1. The smallest absolute Gasteiger partial charge is 0.270 e. The van der Waals surface area contributed by atoms with Crippen LogP contribution in [0.2, 0.25) is 0 Å². The Morgan fingerprint density at radius 2 is 1.95 bits per heavy atom. The lowest BCUT2D eigenvalue weighted by Crippen LogP contribution is -2.29. The summed E-state index contributed by atoms with van der Waals surface area (Å²) >= 11 is 5.80. The summed E-state index contributed by atoms with van der Waals surface area (Å²) in [4.78, 5) is 29.7. The van der Waals surface area contributed by atoms with Crippen LogP contribution in [-0.4, -0.2) is 20.9 Å². The molecule has 4 aromatic rings. The Bertz CT molecular complexity index is 1550. The van der Waals surface area contributed by atoms with Crippen molar-refractivity contribution < 1.29 is 14.1 Å². The minimum Gasteiger partial charge on any atom is -0.459 e. The number of rotatable bonds is 7. The molecular formula is C29H27N5O4S. The fourth-order valence-electron chi connectivity index (χ4n) is 4.58. The molecule has 0 radical (unpaired) electrons. The van der Waals surface area contributed by atoms with Gasteiger partial charge in [0, 0.05) is 41.2 Å². The number of anilines is 2. The number of thiocarbonyl (C=S) groups is 1. The summed E-state index contributed by atoms with van der Waals surface area (Å²) in [6.45, 7) is 5.63. The molecular weight excluding hydrogens is 514 g/mol. The number of nitro benzene ring substituents is 1. The molecule has 1 aliphatic heterocycles. The van der Waals surface area contributed by atoms with Crippen LogP contribution in [0.3, 0.4) is 0 Å². The van der Waals surface area contributed by atoms with Crippen molar-refractivity contribution in [3.63, 3.8) is 0 Å². The molecule has 5 rings (SSSR count). The lowest BCUT2D eigenvalue weighted by Gasteiger charge is -2.27. The van der Waals surface area contributed by atoms with Crippen molar-refractivity contribution >= 4 is 40.3 Å². The summed E-state index contributed by atoms with van der Waals surface area (Å²) < 4.78 is 6.32. The summed E-state index contributed by atoms with van der Waals surface area (Å²) in [7, 11) is 0. The van der Waals surface area contributed by atoms with E-state index < -0.39 is 11.0 Å². The van der Waals surface area contributed by atoms with Gasteiger partial charge in [-0.1, -0.05) is 32.0 Å². The molecule has 0 unspecified atom stereocenters. The molecule has 0 bridgehead atoms. The molecule has 2 aromatic heterocycles. The minimum absolute atomic E-state index is 0.0118. The molecule has 0 spiro atoms. The van der Waals surface area contributed by atoms with Crippen molar-refractivity contribution in [2.24, 2.45) is 5.92 Å². The Labute approximate surface area is 231 Å². The van der Waals surface area contributed by atoms with E-state index in [1.54, 1.807) is 24.4 Å². The number of nitro groups is 1. The van der Waals surface area contributed by atoms with Gasteiger partial charge in [0.1, 0.15) is 17.6 Å². The second-order valence-electron chi connectivity index (χ2n) is 9.65. The standard InChI is InChI=1S/C29H27N5O4S/c1-17(2)28(35)31-22-11-10-20(15-18(22)3)33-27(26(32-29(33)39)23-9-4-5-14-30-23)25-13-12-24(38-25)19-7-6-8-21(16-19)34(36)37/h4-17,26-27H,1-3H3,(H,31,35)(H,32,39)/t26-,27+/m1/s1. The van der Waals surface area contributed by atoms with Crippen LogP contribution in [0.4, 0.5) is 17.1 Å². The van der Waals surface area contributed by atoms with E-state index in [1.165, 1.54) is 12.1 Å². The van der Waals surface area contributed by atoms with Crippen LogP contribution < -0.4 is 15.5 Å². The highest BCUT2D eigenvalue weighted by Crippen LogP contribution is 2.43. The first kappa shape index (κ1) is 26.1. The molecule has 0 aliphatic carbocycles. The van der Waals surface area contributed by atoms with Crippen molar-refractivity contribution in [2.45, 2.75) is 32.9 Å². The van der Waals surface area contributed by atoms with Gasteiger partial charge in [0.05, 0.1) is 16.7 Å². The Morgan fingerprint density at radius 3 is 2.64 bits per heavy atom. The predicted octanol–water partition coefficient (Wildman–Crippen LogP) is 6.33. The number of carbonyl (C=O) groups is 1. The van der Waals surface area contributed by atoms with Crippen molar-refractivity contribution in [3.8, 4) is 11.3 Å². The van der Waals surface area contributed by atoms with Gasteiger partial charge < -0.3 is 20.0 Å². The summed E-state index contributed by atoms with van der Waals surface area (Å²) in [6, 6.07) is 20.7. The average molecular weight is 542 g/mol. The zero-order valence-electron chi connectivity index (χ0n) is 21.6. The van der Waals surface area contributed by atoms with E-state index >= 15 is 0 Å². The Morgan fingerprint density at radius 1 is 1.13 bits per heavy atom. The third-order valence-electron chi connectivity index (χ3n) is 6.63. The zero-order chi connectivity index (χ0) is 27.7. The van der Waals surface area contributed by atoms with E-state index in [0.717, 1.165) is 22.6 Å². The maximum atomic E-state index is 12.3. The van der Waals surface area contributed by atoms with Gasteiger partial charge in [0.25, 0.3) is 5.69 Å². The number of amides is 1. The minimum atomic E-state index is -0.429. The van der Waals surface area contributed by atoms with Crippen molar-refractivity contribution in [3.05, 3.63) is 106 Å². The fraction of sp³-hybridized carbons (Fsp3) is 0.207. The molecule has 3 heterocycles. The topological polar surface area (TPSA) is 114 Å². The van der Waals surface area contributed by atoms with E-state index in [4.69, 9.17) is 16.6 Å². The first-order chi connectivity index (χ1) is 18.7. The van der Waals surface area contributed by atoms with Crippen LogP contribution in [-0.2, 0) is 4.79 Å². The van der Waals surface area contributed by atoms with E-state index in [2.05, 4.69) is 15.6 Å². The second-order valence-corrected chi connectivity index (χ2v) is 10.0. The van der Waals surface area contributed by atoms with E-state index in [1.807, 2.05) is 68.1 Å². The third-order valence-corrected chi connectivity index (χ3v) is 6.94. The number of hydrogen-bond donors (Lipinski definition) is 2. The van der Waals surface area contributed by atoms with Crippen LogP contribution in [0, 0.1) is 23.0 Å². The van der Waals surface area contributed by atoms with Gasteiger partial charge in [-0.15, -0.1) is 0 Å². The first-order valence-electron chi connectivity index (χ1n) is 12.5. The zero-order valence-corrected chi connectivity index (χ0v) is 22.4. The summed E-state index contributed by atoms with van der Waals surface area (Å²) in [5.41, 5.74) is 3.83. The van der Waals surface area contributed by atoms with Gasteiger partial charge in [-0.2, -0.15) is 0 Å². The predicted molar refractivity (Wildman–Crippen MR) is 153 cm³/mol. The first-order valence-corrected chi connectivity index (χ1v) is 12.9. The highest BCUT2D eigenvalue weighted by molar-refractivity contribution is 7.80. The summed E-state index contributed by atoms with van der Waals surface area (Å²) in [6.07, 6.45) is 1.73. The van der Waals surface area contributed by atoms with Crippen molar-refractivity contribution in [2.75, 3.05) is 10.2 Å². The number of non-ortho nitro benzene ring substituents is 1. The molecule has 10 heteroatoms. The Hall–Kier alpha value is -4.57. The maximum absolute atomic E-state index is 12.3. The average Bonchev–Trinajstić information content (AvgIpc) is 3.55. The Kier molecular flexibility index (Phi) is 7.12. The van der Waals surface area contributed by atoms with Gasteiger partial charge >= 0.3 is 0 Å². The highest BCUT2D eigenvalue weighted by atomic mass is 32.1. The Balaban J connectivity index is 1.55. The number of carbonyl (C=O) groups excluding carboxylic acids is 1. The quantitative estimate of drug-likeness (QED) is 0.159. The lowest BCUT2D eigenvalue weighted by molar-refractivity contribution is -0.384. The third kappa shape index (κ3) is 5.23. The number of nitrogens with one attached hydrogen (secondary N) is 2. The molecule has 1 aliphatic rings. The van der Waals surface area contributed by atoms with E-state index in [9.17, 15) is 14.9 Å². The molecule has 1 amide bonds. The van der Waals surface area contributed by atoms with Gasteiger partial charge in [-0.3, -0.25) is 19.9 Å². The summed E-state index contributed by atoms with van der Waals surface area (Å²) in [5.74, 6) is 0.937. The summed E-state index contributed by atoms with van der Waals surface area (Å²) in [5, 5.41) is 18.2. The highest BCUT2D eigenvalue weighted by Gasteiger charge is 2.42. The number of hydrogen-bond acceptors (Lipinski definition) is 6. The largest absolute Gasteiger partial charge is 0.459 e. The molecule has 1 saturated heterocycles. The number of aryl methyl sites for hydroxylation is 1. The van der Waals surface area contributed by atoms with Gasteiger partial charge in [-0.05, 0) is 67.2 Å². The second kappa shape index (κ2) is 10.7. The molecule has 198 valence electrons. The number of pyridine rings is 1. The van der Waals surface area contributed by atoms with Crippen molar-refractivity contribution in [1.82, 2.24) is 10.3 Å². The molecule has 9 nitrogen and oxygen atoms in total. The normalized spacial score (nSPS) is 16.8. The SMILES string of the molecule is Cc1cc(N2C(=S)N[C@H](c3ccccn3)[C@@H]2c2ccc(-c3cccc([N+](=O)[O-])c3)o2)ccc1NC(=O)C(C)C. The maximum Gasteiger partial charge on any atom is 0.270 e. The van der Waals surface area contributed by atoms with Crippen LogP contribution >= 0.6 is 12.2 Å². The monoisotopic (exact) mass is 541 g/mol.